The highest BCUT2D eigenvalue weighted by Gasteiger charge is 2.29. The van der Waals surface area contributed by atoms with Gasteiger partial charge >= 0.3 is 0 Å². The molecule has 1 saturated carbocycles. The lowest BCUT2D eigenvalue weighted by atomic mass is 10.1. The second kappa shape index (κ2) is 6.18. The number of rotatable bonds is 6. The third-order valence-electron chi connectivity index (χ3n) is 4.64. The highest BCUT2D eigenvalue weighted by molar-refractivity contribution is 5.79. The molecule has 0 spiro atoms. The molecule has 5 nitrogen and oxygen atoms in total. The lowest BCUT2D eigenvalue weighted by molar-refractivity contribution is -0.131. The Morgan fingerprint density at radius 1 is 1.33 bits per heavy atom. The first-order valence-corrected chi connectivity index (χ1v) is 8.06. The molecule has 5 heteroatoms. The summed E-state index contributed by atoms with van der Waals surface area (Å²) in [6.07, 6.45) is 5.36. The summed E-state index contributed by atoms with van der Waals surface area (Å²) < 4.78 is 5.17. The Labute approximate surface area is 126 Å². The maximum absolute atomic E-state index is 12.7. The van der Waals surface area contributed by atoms with E-state index in [9.17, 15) is 4.79 Å². The van der Waals surface area contributed by atoms with E-state index in [4.69, 9.17) is 4.52 Å². The van der Waals surface area contributed by atoms with E-state index < -0.39 is 0 Å². The molecule has 2 fully saturated rings. The van der Waals surface area contributed by atoms with Crippen molar-refractivity contribution in [2.24, 2.45) is 5.92 Å². The van der Waals surface area contributed by atoms with Crippen molar-refractivity contribution in [3.63, 3.8) is 0 Å². The zero-order valence-electron chi connectivity index (χ0n) is 13.0. The summed E-state index contributed by atoms with van der Waals surface area (Å²) >= 11 is 0. The van der Waals surface area contributed by atoms with Crippen LogP contribution in [0.3, 0.4) is 0 Å². The topological polar surface area (TPSA) is 58.4 Å². The molecule has 1 amide bonds. The minimum atomic E-state index is 0.213. The van der Waals surface area contributed by atoms with Crippen LogP contribution in [0.4, 0.5) is 0 Å². The van der Waals surface area contributed by atoms with Crippen molar-refractivity contribution < 1.29 is 9.32 Å². The van der Waals surface area contributed by atoms with Gasteiger partial charge in [0.25, 0.3) is 0 Å². The SMILES string of the molecule is Cc1noc(C)c1CC(=O)N(CC1CC1)CC1CCCN1. The number of carbonyl (C=O) groups excluding carboxylic acids is 1. The molecule has 1 unspecified atom stereocenters. The minimum absolute atomic E-state index is 0.213. The van der Waals surface area contributed by atoms with Crippen LogP contribution >= 0.6 is 0 Å². The summed E-state index contributed by atoms with van der Waals surface area (Å²) in [5, 5.41) is 7.44. The van der Waals surface area contributed by atoms with E-state index in [0.29, 0.717) is 12.5 Å². The zero-order chi connectivity index (χ0) is 14.8. The first kappa shape index (κ1) is 14.6. The van der Waals surface area contributed by atoms with Crippen LogP contribution in [0, 0.1) is 19.8 Å². The second-order valence-corrected chi connectivity index (χ2v) is 6.51. The van der Waals surface area contributed by atoms with E-state index in [-0.39, 0.29) is 5.91 Å². The third kappa shape index (κ3) is 3.64. The highest BCUT2D eigenvalue weighted by atomic mass is 16.5. The lowest BCUT2D eigenvalue weighted by Crippen LogP contribution is -2.42. The fourth-order valence-corrected chi connectivity index (χ4v) is 3.09. The van der Waals surface area contributed by atoms with Crippen LogP contribution in [-0.2, 0) is 11.2 Å². The Balaban J connectivity index is 1.64. The Morgan fingerprint density at radius 3 is 2.71 bits per heavy atom. The van der Waals surface area contributed by atoms with Crippen molar-refractivity contribution in [2.75, 3.05) is 19.6 Å². The van der Waals surface area contributed by atoms with Gasteiger partial charge in [0, 0.05) is 24.7 Å². The molecule has 0 bridgehead atoms. The van der Waals surface area contributed by atoms with Gasteiger partial charge < -0.3 is 14.7 Å². The summed E-state index contributed by atoms with van der Waals surface area (Å²) in [5.74, 6) is 1.70. The number of aromatic nitrogens is 1. The van der Waals surface area contributed by atoms with E-state index in [0.717, 1.165) is 42.6 Å². The smallest absolute Gasteiger partial charge is 0.227 e. The van der Waals surface area contributed by atoms with Gasteiger partial charge in [0.1, 0.15) is 5.76 Å². The maximum Gasteiger partial charge on any atom is 0.227 e. The third-order valence-corrected chi connectivity index (χ3v) is 4.64. The summed E-state index contributed by atoms with van der Waals surface area (Å²) in [6, 6.07) is 0.470. The van der Waals surface area contributed by atoms with Crippen molar-refractivity contribution in [2.45, 2.75) is 52.0 Å². The quantitative estimate of drug-likeness (QED) is 0.868. The van der Waals surface area contributed by atoms with Crippen LogP contribution in [0.25, 0.3) is 0 Å². The molecule has 0 aromatic carbocycles. The predicted octanol–water partition coefficient (Wildman–Crippen LogP) is 1.82. The zero-order valence-corrected chi connectivity index (χ0v) is 13.0. The Hall–Kier alpha value is -1.36. The highest BCUT2D eigenvalue weighted by Crippen LogP contribution is 2.30. The van der Waals surface area contributed by atoms with Crippen LogP contribution in [0.2, 0.25) is 0 Å². The van der Waals surface area contributed by atoms with Crippen molar-refractivity contribution in [1.29, 1.82) is 0 Å². The van der Waals surface area contributed by atoms with Crippen molar-refractivity contribution >= 4 is 5.91 Å². The normalized spacial score (nSPS) is 21.7. The van der Waals surface area contributed by atoms with Crippen LogP contribution in [0.15, 0.2) is 4.52 Å². The molecular weight excluding hydrogens is 266 g/mol. The summed E-state index contributed by atoms with van der Waals surface area (Å²) in [5.41, 5.74) is 1.80. The van der Waals surface area contributed by atoms with Crippen LogP contribution in [0.5, 0.6) is 0 Å². The number of amides is 1. The molecule has 3 rings (SSSR count). The lowest BCUT2D eigenvalue weighted by Gasteiger charge is -2.26. The number of nitrogens with zero attached hydrogens (tertiary/aromatic N) is 2. The van der Waals surface area contributed by atoms with E-state index in [1.165, 1.54) is 25.7 Å². The molecule has 116 valence electrons. The molecule has 1 aromatic heterocycles. The Bertz CT molecular complexity index is 482. The molecular formula is C16H25N3O2. The predicted molar refractivity (Wildman–Crippen MR) is 80.0 cm³/mol. The number of hydrogen-bond donors (Lipinski definition) is 1. The van der Waals surface area contributed by atoms with Crippen LogP contribution in [-0.4, -0.2) is 41.6 Å². The standard InChI is InChI=1S/C16H25N3O2/c1-11-15(12(2)21-18-11)8-16(20)19(9-13-5-6-13)10-14-4-3-7-17-14/h13-14,17H,3-10H2,1-2H3. The molecule has 1 saturated heterocycles. The molecule has 1 atom stereocenters. The van der Waals surface area contributed by atoms with Gasteiger partial charge in [-0.2, -0.15) is 0 Å². The van der Waals surface area contributed by atoms with Gasteiger partial charge in [-0.15, -0.1) is 0 Å². The van der Waals surface area contributed by atoms with Gasteiger partial charge in [-0.05, 0) is 52.0 Å². The molecule has 2 aliphatic rings. The molecule has 1 aliphatic carbocycles. The number of hydrogen-bond acceptors (Lipinski definition) is 4. The van der Waals surface area contributed by atoms with Gasteiger partial charge in [0.2, 0.25) is 5.91 Å². The van der Waals surface area contributed by atoms with E-state index >= 15 is 0 Å². The average Bonchev–Trinajstić information content (AvgIpc) is 3.03. The maximum atomic E-state index is 12.7. The van der Waals surface area contributed by atoms with Crippen molar-refractivity contribution in [1.82, 2.24) is 15.4 Å². The first-order chi connectivity index (χ1) is 10.1. The number of aryl methyl sites for hydroxylation is 2. The molecule has 2 heterocycles. The van der Waals surface area contributed by atoms with E-state index in [2.05, 4.69) is 15.4 Å². The molecule has 1 aromatic rings. The largest absolute Gasteiger partial charge is 0.361 e. The molecule has 21 heavy (non-hydrogen) atoms. The number of nitrogens with one attached hydrogen (secondary N) is 1. The monoisotopic (exact) mass is 291 g/mol. The second-order valence-electron chi connectivity index (χ2n) is 6.51. The van der Waals surface area contributed by atoms with Crippen LogP contribution < -0.4 is 5.32 Å². The summed E-state index contributed by atoms with van der Waals surface area (Å²) in [4.78, 5) is 14.8. The Morgan fingerprint density at radius 2 is 2.14 bits per heavy atom. The fraction of sp³-hybridized carbons (Fsp3) is 0.750. The van der Waals surface area contributed by atoms with Crippen molar-refractivity contribution in [3.05, 3.63) is 17.0 Å². The fourth-order valence-electron chi connectivity index (χ4n) is 3.09. The van der Waals surface area contributed by atoms with Gasteiger partial charge in [0.15, 0.2) is 0 Å². The summed E-state index contributed by atoms with van der Waals surface area (Å²) in [6.45, 7) is 6.63. The van der Waals surface area contributed by atoms with Crippen LogP contribution in [0.1, 0.15) is 42.7 Å². The summed E-state index contributed by atoms with van der Waals surface area (Å²) in [7, 11) is 0. The molecule has 1 N–H and O–H groups in total. The average molecular weight is 291 g/mol. The van der Waals surface area contributed by atoms with Gasteiger partial charge in [0.05, 0.1) is 12.1 Å². The minimum Gasteiger partial charge on any atom is -0.361 e. The van der Waals surface area contributed by atoms with Crippen molar-refractivity contribution in [3.8, 4) is 0 Å². The molecule has 1 aliphatic heterocycles. The molecule has 0 radical (unpaired) electrons. The van der Waals surface area contributed by atoms with E-state index in [1.54, 1.807) is 0 Å². The first-order valence-electron chi connectivity index (χ1n) is 8.06. The van der Waals surface area contributed by atoms with Gasteiger partial charge in [-0.3, -0.25) is 4.79 Å². The van der Waals surface area contributed by atoms with Gasteiger partial charge in [-0.1, -0.05) is 5.16 Å². The Kier molecular flexibility index (Phi) is 4.29. The number of carbonyl (C=O) groups is 1. The van der Waals surface area contributed by atoms with E-state index in [1.807, 2.05) is 13.8 Å². The van der Waals surface area contributed by atoms with Gasteiger partial charge in [-0.25, -0.2) is 0 Å².